The number of hydrogen-bond donors (Lipinski definition) is 2. The van der Waals surface area contributed by atoms with Crippen molar-refractivity contribution in [2.75, 3.05) is 12.0 Å². The van der Waals surface area contributed by atoms with Crippen LogP contribution in [-0.2, 0) is 0 Å². The lowest BCUT2D eigenvalue weighted by molar-refractivity contribution is 0.181. The maximum Gasteiger partial charge on any atom is 0.377 e. The van der Waals surface area contributed by atoms with Crippen LogP contribution in [0.25, 0.3) is 5.69 Å². The Hall–Kier alpha value is -3.64. The fourth-order valence-electron chi connectivity index (χ4n) is 4.22. The van der Waals surface area contributed by atoms with Crippen LogP contribution in [0.15, 0.2) is 41.2 Å². The van der Waals surface area contributed by atoms with E-state index in [-0.39, 0.29) is 11.6 Å². The van der Waals surface area contributed by atoms with Gasteiger partial charge in [-0.05, 0) is 53.6 Å². The van der Waals surface area contributed by atoms with Crippen molar-refractivity contribution in [2.45, 2.75) is 44.4 Å². The molecule has 0 aliphatic heterocycles. The van der Waals surface area contributed by atoms with Gasteiger partial charge in [0.15, 0.2) is 11.6 Å². The summed E-state index contributed by atoms with van der Waals surface area (Å²) in [4.78, 5) is 27.9. The van der Waals surface area contributed by atoms with E-state index in [2.05, 4.69) is 10.4 Å². The van der Waals surface area contributed by atoms with Gasteiger partial charge >= 0.3 is 11.7 Å². The van der Waals surface area contributed by atoms with Crippen LogP contribution >= 0.6 is 0 Å². The summed E-state index contributed by atoms with van der Waals surface area (Å²) in [6, 6.07) is 6.62. The smallest absolute Gasteiger partial charge is 0.377 e. The molecule has 3 aromatic rings. The fourth-order valence-corrected chi connectivity index (χ4v) is 4.22. The first-order chi connectivity index (χ1) is 16.3. The molecule has 0 spiro atoms. The number of carbonyl (C=O) groups is 1. The van der Waals surface area contributed by atoms with Crippen molar-refractivity contribution in [1.29, 1.82) is 0 Å². The zero-order valence-corrected chi connectivity index (χ0v) is 18.4. The van der Waals surface area contributed by atoms with E-state index in [1.807, 2.05) is 0 Å². The average Bonchev–Trinajstić information content (AvgIpc) is 3.20. The Morgan fingerprint density at radius 3 is 2.47 bits per heavy atom. The minimum Gasteiger partial charge on any atom is -0.496 e. The number of aliphatic hydroxyl groups excluding tert-OH is 1. The number of halogens is 2. The molecule has 1 aromatic heterocycles. The lowest BCUT2D eigenvalue weighted by Crippen LogP contribution is -2.47. The molecule has 1 aliphatic rings. The molecule has 4 rings (SSSR count). The largest absolute Gasteiger partial charge is 0.496 e. The van der Waals surface area contributed by atoms with Gasteiger partial charge in [0.25, 0.3) is 0 Å². The Morgan fingerprint density at radius 1 is 1.18 bits per heavy atom. The molecule has 1 amide bonds. The summed E-state index contributed by atoms with van der Waals surface area (Å²) in [6.07, 6.45) is 2.73. The number of para-hydroxylation sites is 1. The molecule has 1 unspecified atom stereocenters. The topological polar surface area (TPSA) is 128 Å². The first-order valence-electron chi connectivity index (χ1n) is 10.8. The van der Waals surface area contributed by atoms with Gasteiger partial charge in [0.2, 0.25) is 0 Å². The first-order valence-corrected chi connectivity index (χ1v) is 10.8. The number of tetrazole rings is 1. The van der Waals surface area contributed by atoms with Crippen molar-refractivity contribution < 1.29 is 23.4 Å². The number of nitrogens with zero attached hydrogens (tertiary/aromatic N) is 5. The van der Waals surface area contributed by atoms with E-state index in [0.717, 1.165) is 37.5 Å². The van der Waals surface area contributed by atoms with Crippen LogP contribution in [0, 0.1) is 11.6 Å². The number of aromatic nitrogens is 4. The standard InChI is InChI=1S/C22H24F2N6O4/c1-34-18-11-10-14(12-15(18)20(25)31)28(13-6-3-2-4-7-13)21(32)30-22(33)29(26-27-30)19-16(23)8-5-9-17(19)24/h5,8-13,20,31H,2-4,6-7,25H2,1H3. The molecule has 0 saturated heterocycles. The molecular formula is C22H24F2N6O4. The average molecular weight is 474 g/mol. The summed E-state index contributed by atoms with van der Waals surface area (Å²) in [7, 11) is 1.42. The summed E-state index contributed by atoms with van der Waals surface area (Å²) in [5.41, 5.74) is 4.42. The third-order valence-electron chi connectivity index (χ3n) is 5.87. The zero-order valence-electron chi connectivity index (χ0n) is 18.4. The molecule has 10 nitrogen and oxygen atoms in total. The van der Waals surface area contributed by atoms with Crippen molar-refractivity contribution in [3.8, 4) is 11.4 Å². The van der Waals surface area contributed by atoms with Gasteiger partial charge in [-0.3, -0.25) is 4.90 Å². The number of benzene rings is 2. The van der Waals surface area contributed by atoms with Crippen molar-refractivity contribution >= 4 is 11.7 Å². The first kappa shape index (κ1) is 23.5. The van der Waals surface area contributed by atoms with Gasteiger partial charge in [-0.1, -0.05) is 25.3 Å². The Balaban J connectivity index is 1.80. The van der Waals surface area contributed by atoms with Crippen LogP contribution < -0.4 is 21.1 Å². The van der Waals surface area contributed by atoms with Crippen LogP contribution in [0.4, 0.5) is 19.3 Å². The molecule has 2 aromatic carbocycles. The van der Waals surface area contributed by atoms with Gasteiger partial charge in [0, 0.05) is 17.3 Å². The number of amides is 1. The Labute approximate surface area is 193 Å². The van der Waals surface area contributed by atoms with Gasteiger partial charge in [-0.25, -0.2) is 18.4 Å². The highest BCUT2D eigenvalue weighted by atomic mass is 19.1. The monoisotopic (exact) mass is 474 g/mol. The predicted molar refractivity (Wildman–Crippen MR) is 118 cm³/mol. The zero-order chi connectivity index (χ0) is 24.4. The fraction of sp³-hybridized carbons (Fsp3) is 0.364. The van der Waals surface area contributed by atoms with E-state index in [1.165, 1.54) is 18.1 Å². The SMILES string of the molecule is COc1ccc(N(C(=O)n2nnn(-c3c(F)cccc3F)c2=O)C2CCCCC2)cc1C(N)O. The number of carbonyl (C=O) groups excluding carboxylic acids is 1. The van der Waals surface area contributed by atoms with Crippen LogP contribution in [0.1, 0.15) is 43.9 Å². The molecule has 180 valence electrons. The molecule has 0 bridgehead atoms. The second-order valence-electron chi connectivity index (χ2n) is 7.97. The summed E-state index contributed by atoms with van der Waals surface area (Å²) in [6.45, 7) is 0. The van der Waals surface area contributed by atoms with E-state index in [9.17, 15) is 23.5 Å². The molecule has 34 heavy (non-hydrogen) atoms. The van der Waals surface area contributed by atoms with Crippen LogP contribution in [0.5, 0.6) is 5.75 Å². The molecule has 0 radical (unpaired) electrons. The second-order valence-corrected chi connectivity index (χ2v) is 7.97. The minimum atomic E-state index is -1.37. The molecule has 3 N–H and O–H groups in total. The van der Waals surface area contributed by atoms with E-state index in [1.54, 1.807) is 12.1 Å². The number of aliphatic hydroxyl groups is 1. The summed E-state index contributed by atoms with van der Waals surface area (Å²) in [5, 5.41) is 17.1. The van der Waals surface area contributed by atoms with Crippen LogP contribution in [-0.4, -0.2) is 44.1 Å². The van der Waals surface area contributed by atoms with E-state index in [4.69, 9.17) is 10.5 Å². The number of nitrogens with two attached hydrogens (primary N) is 1. The summed E-state index contributed by atoms with van der Waals surface area (Å²) >= 11 is 0. The maximum absolute atomic E-state index is 14.2. The Bertz CT molecular complexity index is 1230. The van der Waals surface area contributed by atoms with Gasteiger partial charge in [-0.2, -0.15) is 4.68 Å². The van der Waals surface area contributed by atoms with Crippen LogP contribution in [0.2, 0.25) is 0 Å². The highest BCUT2D eigenvalue weighted by molar-refractivity contribution is 5.93. The molecule has 1 atom stereocenters. The predicted octanol–water partition coefficient (Wildman–Crippen LogP) is 2.47. The van der Waals surface area contributed by atoms with Gasteiger partial charge in [0.05, 0.1) is 7.11 Å². The molecular weight excluding hydrogens is 450 g/mol. The molecule has 1 heterocycles. The lowest BCUT2D eigenvalue weighted by atomic mass is 9.93. The lowest BCUT2D eigenvalue weighted by Gasteiger charge is -2.34. The maximum atomic E-state index is 14.2. The molecule has 1 fully saturated rings. The van der Waals surface area contributed by atoms with Crippen molar-refractivity contribution in [1.82, 2.24) is 19.8 Å². The number of methoxy groups -OCH3 is 1. The van der Waals surface area contributed by atoms with Crippen molar-refractivity contribution in [3.63, 3.8) is 0 Å². The van der Waals surface area contributed by atoms with Crippen molar-refractivity contribution in [3.05, 3.63) is 64.1 Å². The highest BCUT2D eigenvalue weighted by Crippen LogP contribution is 2.33. The molecule has 1 saturated carbocycles. The van der Waals surface area contributed by atoms with Crippen molar-refractivity contribution in [2.24, 2.45) is 5.73 Å². The minimum absolute atomic E-state index is 0.248. The van der Waals surface area contributed by atoms with E-state index >= 15 is 0 Å². The summed E-state index contributed by atoms with van der Waals surface area (Å²) < 4.78 is 34.5. The summed E-state index contributed by atoms with van der Waals surface area (Å²) in [5.74, 6) is -1.72. The normalized spacial score (nSPS) is 15.2. The highest BCUT2D eigenvalue weighted by Gasteiger charge is 2.32. The Morgan fingerprint density at radius 2 is 1.85 bits per heavy atom. The third kappa shape index (κ3) is 4.29. The molecule has 12 heteroatoms. The van der Waals surface area contributed by atoms with Gasteiger partial charge in [-0.15, -0.1) is 4.68 Å². The number of ether oxygens (including phenoxy) is 1. The van der Waals surface area contributed by atoms with E-state index < -0.39 is 35.3 Å². The number of hydrogen-bond acceptors (Lipinski definition) is 7. The quantitative estimate of drug-likeness (QED) is 0.429. The number of rotatable bonds is 5. The second kappa shape index (κ2) is 9.69. The molecule has 1 aliphatic carbocycles. The number of anilines is 1. The van der Waals surface area contributed by atoms with Crippen LogP contribution in [0.3, 0.4) is 0 Å². The third-order valence-corrected chi connectivity index (χ3v) is 5.87. The van der Waals surface area contributed by atoms with E-state index in [0.29, 0.717) is 33.6 Å². The Kier molecular flexibility index (Phi) is 6.70. The van der Waals surface area contributed by atoms with Gasteiger partial charge < -0.3 is 15.6 Å². The van der Waals surface area contributed by atoms with Gasteiger partial charge in [0.1, 0.15) is 17.7 Å².